The molecule has 4 nitrogen and oxygen atoms in total. The number of hydrogen-bond donors (Lipinski definition) is 2. The van der Waals surface area contributed by atoms with Crippen molar-refractivity contribution < 1.29 is 4.79 Å². The Morgan fingerprint density at radius 2 is 2.20 bits per heavy atom. The molecule has 0 radical (unpaired) electrons. The Bertz CT molecular complexity index is 579. The molecule has 5 heteroatoms. The second-order valence-electron chi connectivity index (χ2n) is 5.22. The van der Waals surface area contributed by atoms with E-state index in [0.29, 0.717) is 12.1 Å². The smallest absolute Gasteiger partial charge is 0.253 e. The van der Waals surface area contributed by atoms with E-state index in [0.717, 1.165) is 5.69 Å². The van der Waals surface area contributed by atoms with Crippen LogP contribution in [0.4, 0.5) is 5.69 Å². The largest absolute Gasteiger partial charge is 0.386 e. The third-order valence-corrected chi connectivity index (χ3v) is 4.45. The summed E-state index contributed by atoms with van der Waals surface area (Å²) in [5, 5.41) is 8.04. The summed E-state index contributed by atoms with van der Waals surface area (Å²) in [6.45, 7) is 4.85. The van der Waals surface area contributed by atoms with Crippen molar-refractivity contribution in [2.24, 2.45) is 0 Å². The molecule has 2 aromatic rings. The van der Waals surface area contributed by atoms with Crippen LogP contribution in [0.1, 0.15) is 29.1 Å². The minimum Gasteiger partial charge on any atom is -0.386 e. The van der Waals surface area contributed by atoms with E-state index in [1.807, 2.05) is 6.07 Å². The van der Waals surface area contributed by atoms with Crippen molar-refractivity contribution in [1.82, 2.24) is 10.3 Å². The van der Waals surface area contributed by atoms with Crippen LogP contribution in [0.25, 0.3) is 0 Å². The first-order valence-corrected chi connectivity index (χ1v) is 7.36. The molecule has 0 atom stereocenters. The molecule has 0 spiro atoms. The molecule has 20 heavy (non-hydrogen) atoms. The van der Waals surface area contributed by atoms with Gasteiger partial charge in [0.05, 0.1) is 17.4 Å². The van der Waals surface area contributed by atoms with Crippen molar-refractivity contribution in [1.29, 1.82) is 0 Å². The summed E-state index contributed by atoms with van der Waals surface area (Å²) in [7, 11) is 1.78. The van der Waals surface area contributed by atoms with Gasteiger partial charge in [0, 0.05) is 30.1 Å². The van der Waals surface area contributed by atoms with Crippen molar-refractivity contribution >= 4 is 22.9 Å². The predicted octanol–water partition coefficient (Wildman–Crippen LogP) is 2.89. The van der Waals surface area contributed by atoms with Crippen LogP contribution in [-0.4, -0.2) is 24.5 Å². The second kappa shape index (κ2) is 6.05. The number of nitrogens with zero attached hydrogens (tertiary/aromatic N) is 1. The van der Waals surface area contributed by atoms with Crippen molar-refractivity contribution in [3.05, 3.63) is 46.4 Å². The van der Waals surface area contributed by atoms with Gasteiger partial charge in [0.1, 0.15) is 0 Å². The summed E-state index contributed by atoms with van der Waals surface area (Å²) in [5.41, 5.74) is 1.28. The normalized spacial score (nSPS) is 11.2. The quantitative estimate of drug-likeness (QED) is 0.890. The zero-order valence-electron chi connectivity index (χ0n) is 11.9. The Kier molecular flexibility index (Phi) is 4.39. The molecule has 0 aliphatic heterocycles. The highest BCUT2D eigenvalue weighted by Gasteiger charge is 2.23. The van der Waals surface area contributed by atoms with E-state index in [1.165, 1.54) is 4.88 Å². The van der Waals surface area contributed by atoms with Gasteiger partial charge in [-0.15, -0.1) is 11.3 Å². The van der Waals surface area contributed by atoms with Crippen LogP contribution in [0.15, 0.2) is 36.0 Å². The van der Waals surface area contributed by atoms with E-state index in [1.54, 1.807) is 36.8 Å². The van der Waals surface area contributed by atoms with Gasteiger partial charge in [0.25, 0.3) is 5.91 Å². The molecular weight excluding hydrogens is 270 g/mol. The molecule has 0 aliphatic carbocycles. The number of pyridine rings is 1. The van der Waals surface area contributed by atoms with Gasteiger partial charge in [-0.25, -0.2) is 0 Å². The lowest BCUT2D eigenvalue weighted by Crippen LogP contribution is -2.36. The van der Waals surface area contributed by atoms with E-state index in [9.17, 15) is 4.79 Å². The molecule has 0 saturated carbocycles. The maximum absolute atomic E-state index is 12.3. The molecule has 1 amide bonds. The molecule has 0 bridgehead atoms. The van der Waals surface area contributed by atoms with Gasteiger partial charge in [0.2, 0.25) is 0 Å². The highest BCUT2D eigenvalue weighted by Crippen LogP contribution is 2.26. The van der Waals surface area contributed by atoms with Crippen LogP contribution in [0, 0.1) is 0 Å². The van der Waals surface area contributed by atoms with Gasteiger partial charge < -0.3 is 10.6 Å². The first-order chi connectivity index (χ1) is 9.54. The number of aromatic nitrogens is 1. The lowest BCUT2D eigenvalue weighted by molar-refractivity contribution is 0.0946. The predicted molar refractivity (Wildman–Crippen MR) is 83.5 cm³/mol. The van der Waals surface area contributed by atoms with Crippen LogP contribution in [0.2, 0.25) is 0 Å². The molecule has 0 aromatic carbocycles. The van der Waals surface area contributed by atoms with Gasteiger partial charge in [-0.1, -0.05) is 19.9 Å². The number of carbonyl (C=O) groups excluding carboxylic acids is 1. The van der Waals surface area contributed by atoms with Crippen molar-refractivity contribution in [3.63, 3.8) is 0 Å². The number of amides is 1. The van der Waals surface area contributed by atoms with E-state index >= 15 is 0 Å². The summed E-state index contributed by atoms with van der Waals surface area (Å²) < 4.78 is 0. The first-order valence-electron chi connectivity index (χ1n) is 6.48. The number of anilines is 1. The average Bonchev–Trinajstić information content (AvgIpc) is 3.00. The average molecular weight is 289 g/mol. The molecule has 0 unspecified atom stereocenters. The molecule has 2 N–H and O–H groups in total. The minimum atomic E-state index is -0.0821. The van der Waals surface area contributed by atoms with Crippen molar-refractivity contribution in [2.75, 3.05) is 18.9 Å². The maximum atomic E-state index is 12.3. The maximum Gasteiger partial charge on any atom is 0.253 e. The zero-order chi connectivity index (χ0) is 14.6. The summed E-state index contributed by atoms with van der Waals surface area (Å²) >= 11 is 1.71. The molecule has 2 aromatic heterocycles. The third-order valence-electron chi connectivity index (χ3n) is 3.21. The fourth-order valence-corrected chi connectivity index (χ4v) is 2.79. The van der Waals surface area contributed by atoms with Crippen LogP contribution < -0.4 is 10.6 Å². The van der Waals surface area contributed by atoms with Gasteiger partial charge in [-0.05, 0) is 17.5 Å². The van der Waals surface area contributed by atoms with E-state index in [2.05, 4.69) is 40.9 Å². The van der Waals surface area contributed by atoms with Gasteiger partial charge >= 0.3 is 0 Å². The standard InChI is InChI=1S/C15H19N3OS/c1-15(2,13-5-4-8-20-13)10-18-14(19)11-6-7-17-9-12(11)16-3/h4-9,16H,10H2,1-3H3,(H,18,19). The number of carbonyl (C=O) groups is 1. The third kappa shape index (κ3) is 3.17. The highest BCUT2D eigenvalue weighted by molar-refractivity contribution is 7.10. The number of rotatable bonds is 5. The van der Waals surface area contributed by atoms with E-state index < -0.39 is 0 Å². The van der Waals surface area contributed by atoms with Crippen molar-refractivity contribution in [3.8, 4) is 0 Å². The fourth-order valence-electron chi connectivity index (χ4n) is 1.94. The fraction of sp³-hybridized carbons (Fsp3) is 0.333. The van der Waals surface area contributed by atoms with Crippen LogP contribution in [0.3, 0.4) is 0 Å². The summed E-state index contributed by atoms with van der Waals surface area (Å²) in [4.78, 5) is 17.5. The number of hydrogen-bond acceptors (Lipinski definition) is 4. The van der Waals surface area contributed by atoms with E-state index in [-0.39, 0.29) is 11.3 Å². The van der Waals surface area contributed by atoms with Crippen LogP contribution in [0.5, 0.6) is 0 Å². The van der Waals surface area contributed by atoms with Gasteiger partial charge in [-0.3, -0.25) is 9.78 Å². The minimum absolute atomic E-state index is 0.0728. The summed E-state index contributed by atoms with van der Waals surface area (Å²) in [6, 6.07) is 5.85. The molecule has 0 fully saturated rings. The Morgan fingerprint density at radius 1 is 1.40 bits per heavy atom. The van der Waals surface area contributed by atoms with Gasteiger partial charge in [0.15, 0.2) is 0 Å². The molecule has 0 saturated heterocycles. The Balaban J connectivity index is 2.06. The molecular formula is C15H19N3OS. The van der Waals surface area contributed by atoms with Crippen LogP contribution in [-0.2, 0) is 5.41 Å². The Hall–Kier alpha value is -1.88. The highest BCUT2D eigenvalue weighted by atomic mass is 32.1. The summed E-state index contributed by atoms with van der Waals surface area (Å²) in [5.74, 6) is -0.0821. The lowest BCUT2D eigenvalue weighted by Gasteiger charge is -2.23. The number of nitrogens with one attached hydrogen (secondary N) is 2. The first kappa shape index (κ1) is 14.5. The van der Waals surface area contributed by atoms with Gasteiger partial charge in [-0.2, -0.15) is 0 Å². The lowest BCUT2D eigenvalue weighted by atomic mass is 9.91. The Labute approximate surface area is 123 Å². The number of thiophene rings is 1. The monoisotopic (exact) mass is 289 g/mol. The SMILES string of the molecule is CNc1cnccc1C(=O)NCC(C)(C)c1cccs1. The molecule has 106 valence electrons. The molecule has 2 heterocycles. The van der Waals surface area contributed by atoms with E-state index in [4.69, 9.17) is 0 Å². The Morgan fingerprint density at radius 3 is 2.85 bits per heavy atom. The zero-order valence-corrected chi connectivity index (χ0v) is 12.8. The topological polar surface area (TPSA) is 54.0 Å². The van der Waals surface area contributed by atoms with Crippen LogP contribution >= 0.6 is 11.3 Å². The molecule has 2 rings (SSSR count). The second-order valence-corrected chi connectivity index (χ2v) is 6.16. The molecule has 0 aliphatic rings. The van der Waals surface area contributed by atoms with Crippen molar-refractivity contribution in [2.45, 2.75) is 19.3 Å². The summed E-state index contributed by atoms with van der Waals surface area (Å²) in [6.07, 6.45) is 3.28.